The monoisotopic (exact) mass is 279 g/mol. The molecule has 1 N–H and O–H groups in total. The topological polar surface area (TPSA) is 40.5 Å². The molecule has 0 spiro atoms. The summed E-state index contributed by atoms with van der Waals surface area (Å²) in [5, 5.41) is 9.32. The van der Waals surface area contributed by atoms with Crippen LogP contribution in [0.1, 0.15) is 19.4 Å². The molecule has 4 heteroatoms. The first-order valence-corrected chi connectivity index (χ1v) is 6.41. The third kappa shape index (κ3) is 4.45. The predicted molar refractivity (Wildman–Crippen MR) is 80.8 cm³/mol. The van der Waals surface area contributed by atoms with Crippen LogP contribution in [0, 0.1) is 0 Å². The van der Waals surface area contributed by atoms with Gasteiger partial charge in [0.05, 0.1) is 0 Å². The molecule has 0 fully saturated rings. The highest BCUT2D eigenvalue weighted by atomic mass is 35.5. The number of carboxylic acid groups (broad SMARTS) is 1. The molecule has 102 valence electrons. The van der Waals surface area contributed by atoms with E-state index in [0.29, 0.717) is 11.6 Å². The number of carboxylic acids is 1. The summed E-state index contributed by atoms with van der Waals surface area (Å²) < 4.78 is 0. The van der Waals surface area contributed by atoms with Gasteiger partial charge in [0.2, 0.25) is 0 Å². The van der Waals surface area contributed by atoms with Crippen LogP contribution >= 0.6 is 11.6 Å². The normalized spacial score (nSPS) is 10.9. The van der Waals surface area contributed by atoms with Gasteiger partial charge in [0.25, 0.3) is 0 Å². The highest BCUT2D eigenvalue weighted by Gasteiger charge is 2.12. The summed E-state index contributed by atoms with van der Waals surface area (Å²) in [4.78, 5) is 12.8. The van der Waals surface area contributed by atoms with E-state index in [1.165, 1.54) is 0 Å². The first kappa shape index (κ1) is 15.3. The highest BCUT2D eigenvalue weighted by molar-refractivity contribution is 6.30. The molecule has 0 aliphatic heterocycles. The van der Waals surface area contributed by atoms with E-state index in [9.17, 15) is 4.79 Å². The van der Waals surface area contributed by atoms with Gasteiger partial charge >= 0.3 is 5.97 Å². The van der Waals surface area contributed by atoms with E-state index in [1.54, 1.807) is 18.2 Å². The van der Waals surface area contributed by atoms with E-state index >= 15 is 0 Å². The van der Waals surface area contributed by atoms with Crippen molar-refractivity contribution in [2.75, 3.05) is 11.4 Å². The number of rotatable bonds is 6. The third-order valence-corrected chi connectivity index (χ3v) is 2.89. The van der Waals surface area contributed by atoms with Crippen LogP contribution in [0.25, 0.3) is 6.08 Å². The van der Waals surface area contributed by atoms with Gasteiger partial charge in [-0.2, -0.15) is 0 Å². The number of nitrogens with zero attached hydrogens (tertiary/aromatic N) is 1. The van der Waals surface area contributed by atoms with Crippen molar-refractivity contribution in [1.29, 1.82) is 0 Å². The minimum absolute atomic E-state index is 0.274. The molecular formula is C15H18ClNO2. The van der Waals surface area contributed by atoms with Crippen LogP contribution < -0.4 is 4.90 Å². The second-order valence-corrected chi connectivity index (χ2v) is 4.85. The molecule has 0 amide bonds. The van der Waals surface area contributed by atoms with Crippen LogP contribution in [0.2, 0.25) is 5.02 Å². The Morgan fingerprint density at radius 1 is 1.53 bits per heavy atom. The van der Waals surface area contributed by atoms with E-state index in [0.717, 1.165) is 17.3 Å². The Bertz CT molecular complexity index is 495. The van der Waals surface area contributed by atoms with Crippen LogP contribution in [0.4, 0.5) is 5.69 Å². The first-order chi connectivity index (χ1) is 8.95. The molecule has 0 heterocycles. The lowest BCUT2D eigenvalue weighted by molar-refractivity contribution is -0.131. The van der Waals surface area contributed by atoms with Crippen LogP contribution in [0.3, 0.4) is 0 Å². The van der Waals surface area contributed by atoms with Gasteiger partial charge in [-0.3, -0.25) is 0 Å². The molecule has 0 bridgehead atoms. The SMILES string of the molecule is C=CCN(c1ccc(Cl)cc1/C=C/C(=O)O)C(C)C. The van der Waals surface area contributed by atoms with Gasteiger partial charge in [0.1, 0.15) is 0 Å². The smallest absolute Gasteiger partial charge is 0.328 e. The van der Waals surface area contributed by atoms with Crippen molar-refractivity contribution in [3.05, 3.63) is 47.5 Å². The summed E-state index contributed by atoms with van der Waals surface area (Å²) >= 11 is 5.97. The lowest BCUT2D eigenvalue weighted by atomic mass is 10.1. The fourth-order valence-corrected chi connectivity index (χ4v) is 1.99. The minimum Gasteiger partial charge on any atom is -0.478 e. The number of halogens is 1. The molecule has 0 unspecified atom stereocenters. The Balaban J connectivity index is 3.24. The molecule has 0 saturated carbocycles. The average Bonchev–Trinajstić information content (AvgIpc) is 2.34. The Labute approximate surface area is 118 Å². The van der Waals surface area contributed by atoms with Crippen molar-refractivity contribution in [3.63, 3.8) is 0 Å². The molecule has 0 aromatic heterocycles. The molecule has 0 atom stereocenters. The summed E-state index contributed by atoms with van der Waals surface area (Å²) in [5.41, 5.74) is 1.72. The van der Waals surface area contributed by atoms with Gasteiger partial charge in [-0.25, -0.2) is 4.79 Å². The maximum absolute atomic E-state index is 10.6. The number of benzene rings is 1. The van der Waals surface area contributed by atoms with Crippen molar-refractivity contribution >= 4 is 29.3 Å². The predicted octanol–water partition coefficient (Wildman–Crippen LogP) is 3.84. The number of aliphatic carboxylic acids is 1. The Kier molecular flexibility index (Phi) is 5.64. The molecule has 19 heavy (non-hydrogen) atoms. The largest absolute Gasteiger partial charge is 0.478 e. The van der Waals surface area contributed by atoms with Gasteiger partial charge in [-0.05, 0) is 43.7 Å². The number of anilines is 1. The van der Waals surface area contributed by atoms with E-state index in [4.69, 9.17) is 16.7 Å². The second-order valence-electron chi connectivity index (χ2n) is 4.41. The number of hydrogen-bond donors (Lipinski definition) is 1. The van der Waals surface area contributed by atoms with Gasteiger partial charge in [0, 0.05) is 29.4 Å². The molecule has 0 radical (unpaired) electrons. The molecular weight excluding hydrogens is 262 g/mol. The average molecular weight is 280 g/mol. The first-order valence-electron chi connectivity index (χ1n) is 6.03. The fraction of sp³-hybridized carbons (Fsp3) is 0.267. The molecule has 0 aliphatic carbocycles. The Morgan fingerprint density at radius 3 is 2.74 bits per heavy atom. The Hall–Kier alpha value is -1.74. The van der Waals surface area contributed by atoms with Crippen LogP contribution in [-0.2, 0) is 4.79 Å². The van der Waals surface area contributed by atoms with E-state index < -0.39 is 5.97 Å². The van der Waals surface area contributed by atoms with Crippen molar-refractivity contribution in [2.45, 2.75) is 19.9 Å². The number of hydrogen-bond acceptors (Lipinski definition) is 2. The number of carbonyl (C=O) groups is 1. The van der Waals surface area contributed by atoms with E-state index in [-0.39, 0.29) is 6.04 Å². The zero-order valence-electron chi connectivity index (χ0n) is 11.1. The summed E-state index contributed by atoms with van der Waals surface area (Å²) in [6.45, 7) is 8.58. The van der Waals surface area contributed by atoms with Gasteiger partial charge in [-0.15, -0.1) is 6.58 Å². The summed E-state index contributed by atoms with van der Waals surface area (Å²) in [6.07, 6.45) is 4.49. The van der Waals surface area contributed by atoms with Crippen LogP contribution in [-0.4, -0.2) is 23.7 Å². The van der Waals surface area contributed by atoms with Crippen molar-refractivity contribution in [3.8, 4) is 0 Å². The zero-order chi connectivity index (χ0) is 14.4. The highest BCUT2D eigenvalue weighted by Crippen LogP contribution is 2.27. The molecule has 0 aliphatic rings. The maximum Gasteiger partial charge on any atom is 0.328 e. The lowest BCUT2D eigenvalue weighted by Gasteiger charge is -2.29. The van der Waals surface area contributed by atoms with Gasteiger partial charge < -0.3 is 10.0 Å². The van der Waals surface area contributed by atoms with Crippen molar-refractivity contribution in [1.82, 2.24) is 0 Å². The molecule has 0 saturated heterocycles. The summed E-state index contributed by atoms with van der Waals surface area (Å²) in [7, 11) is 0. The molecule has 3 nitrogen and oxygen atoms in total. The van der Waals surface area contributed by atoms with Crippen molar-refractivity contribution in [2.24, 2.45) is 0 Å². The zero-order valence-corrected chi connectivity index (χ0v) is 11.9. The van der Waals surface area contributed by atoms with Crippen LogP contribution in [0.15, 0.2) is 36.9 Å². The fourth-order valence-electron chi connectivity index (χ4n) is 1.81. The lowest BCUT2D eigenvalue weighted by Crippen LogP contribution is -2.31. The molecule has 1 rings (SSSR count). The summed E-state index contributed by atoms with van der Waals surface area (Å²) in [5.74, 6) is -0.981. The van der Waals surface area contributed by atoms with E-state index in [1.807, 2.05) is 12.1 Å². The van der Waals surface area contributed by atoms with E-state index in [2.05, 4.69) is 25.3 Å². The summed E-state index contributed by atoms with van der Waals surface area (Å²) in [6, 6.07) is 5.73. The minimum atomic E-state index is -0.981. The quantitative estimate of drug-likeness (QED) is 0.635. The molecule has 1 aromatic rings. The molecule has 1 aromatic carbocycles. The maximum atomic E-state index is 10.6. The Morgan fingerprint density at radius 2 is 2.21 bits per heavy atom. The van der Waals surface area contributed by atoms with Crippen molar-refractivity contribution < 1.29 is 9.90 Å². The van der Waals surface area contributed by atoms with Crippen LogP contribution in [0.5, 0.6) is 0 Å². The van der Waals surface area contributed by atoms with Gasteiger partial charge in [0.15, 0.2) is 0 Å². The van der Waals surface area contributed by atoms with Gasteiger partial charge in [-0.1, -0.05) is 17.7 Å². The second kappa shape index (κ2) is 7.00. The third-order valence-electron chi connectivity index (χ3n) is 2.65. The standard InChI is InChI=1S/C15H18ClNO2/c1-4-9-17(11(2)3)14-7-6-13(16)10-12(14)5-8-15(18)19/h4-8,10-11H,1,9H2,2-3H3,(H,18,19)/b8-5+.